The van der Waals surface area contributed by atoms with Crippen LogP contribution in [0.2, 0.25) is 0 Å². The zero-order chi connectivity index (χ0) is 15.3. The van der Waals surface area contributed by atoms with E-state index in [2.05, 4.69) is 15.4 Å². The molecule has 2 aromatic rings. The highest BCUT2D eigenvalue weighted by atomic mass is 32.1. The Hall–Kier alpha value is -1.96. The molecule has 1 amide bonds. The van der Waals surface area contributed by atoms with E-state index >= 15 is 0 Å². The number of nitrogens with one attached hydrogen (secondary N) is 1. The van der Waals surface area contributed by atoms with Crippen LogP contribution in [0.5, 0.6) is 0 Å². The Labute approximate surface area is 131 Å². The van der Waals surface area contributed by atoms with Crippen LogP contribution in [0.4, 0.5) is 5.13 Å². The maximum atomic E-state index is 12.0. The van der Waals surface area contributed by atoms with Crippen LogP contribution in [-0.4, -0.2) is 44.0 Å². The van der Waals surface area contributed by atoms with E-state index in [-0.39, 0.29) is 17.5 Å². The molecule has 0 spiro atoms. The molecule has 1 saturated heterocycles. The smallest absolute Gasteiger partial charge is 0.275 e. The second-order valence-electron chi connectivity index (χ2n) is 5.86. The van der Waals surface area contributed by atoms with Gasteiger partial charge >= 0.3 is 0 Å². The Bertz CT molecular complexity index is 794. The van der Waals surface area contributed by atoms with Gasteiger partial charge in [-0.25, -0.2) is 4.98 Å². The summed E-state index contributed by atoms with van der Waals surface area (Å²) in [4.78, 5) is 30.9. The highest BCUT2D eigenvalue weighted by Gasteiger charge is 2.39. The molecule has 0 aromatic carbocycles. The fraction of sp³-hybridized carbons (Fsp3) is 0.571. The van der Waals surface area contributed by atoms with Crippen molar-refractivity contribution in [3.8, 4) is 0 Å². The number of carbonyl (C=O) groups excluding carboxylic acids is 1. The second-order valence-corrected chi connectivity index (χ2v) is 6.82. The topological polar surface area (TPSA) is 79.6 Å². The lowest BCUT2D eigenvalue weighted by Crippen LogP contribution is -2.29. The van der Waals surface area contributed by atoms with E-state index in [0.29, 0.717) is 22.6 Å². The molecule has 1 atom stereocenters. The number of anilines is 1. The Morgan fingerprint density at radius 1 is 1.41 bits per heavy atom. The number of hydrogen-bond acceptors (Lipinski definition) is 6. The summed E-state index contributed by atoms with van der Waals surface area (Å²) in [6.45, 7) is 2.69. The lowest BCUT2D eigenvalue weighted by atomic mass is 10.3. The lowest BCUT2D eigenvalue weighted by Gasteiger charge is -2.15. The van der Waals surface area contributed by atoms with Gasteiger partial charge in [-0.3, -0.25) is 9.59 Å². The number of amides is 1. The summed E-state index contributed by atoms with van der Waals surface area (Å²) in [5, 5.41) is 8.21. The van der Waals surface area contributed by atoms with Crippen LogP contribution < -0.4 is 10.9 Å². The maximum Gasteiger partial charge on any atom is 0.275 e. The first-order valence-corrected chi connectivity index (χ1v) is 8.41. The van der Waals surface area contributed by atoms with Crippen LogP contribution >= 0.6 is 11.3 Å². The van der Waals surface area contributed by atoms with Gasteiger partial charge in [0.25, 0.3) is 5.56 Å². The lowest BCUT2D eigenvalue weighted by molar-refractivity contribution is -0.128. The Balaban J connectivity index is 1.56. The molecule has 1 saturated carbocycles. The molecule has 116 valence electrons. The van der Waals surface area contributed by atoms with E-state index in [4.69, 9.17) is 0 Å². The molecular formula is C14H17N5O2S. The van der Waals surface area contributed by atoms with Crippen molar-refractivity contribution >= 4 is 27.3 Å². The number of carbonyl (C=O) groups is 1. The van der Waals surface area contributed by atoms with E-state index < -0.39 is 0 Å². The average Bonchev–Trinajstić information content (AvgIpc) is 3.15. The molecule has 1 N–H and O–H groups in total. The molecule has 0 radical (unpaired) electrons. The molecule has 8 heteroatoms. The van der Waals surface area contributed by atoms with Gasteiger partial charge in [0.15, 0.2) is 0 Å². The van der Waals surface area contributed by atoms with Crippen molar-refractivity contribution in [2.75, 3.05) is 11.9 Å². The molecule has 2 aliphatic rings. The van der Waals surface area contributed by atoms with Crippen molar-refractivity contribution in [2.24, 2.45) is 0 Å². The first-order chi connectivity index (χ1) is 10.6. The van der Waals surface area contributed by atoms with Crippen LogP contribution in [-0.2, 0) is 11.2 Å². The summed E-state index contributed by atoms with van der Waals surface area (Å²) in [6, 6.07) is 2.03. The standard InChI is InChI=1S/C14H17N5O2S/c1-2-8-5-12(21)19-14(16-8)22-13(17-19)15-9-6-11(20)18(7-9)10-3-4-10/h5,9-10H,2-4,6-7H2,1H3,(H,15,17). The quantitative estimate of drug-likeness (QED) is 0.905. The highest BCUT2D eigenvalue weighted by molar-refractivity contribution is 7.20. The van der Waals surface area contributed by atoms with Crippen molar-refractivity contribution in [3.63, 3.8) is 0 Å². The maximum absolute atomic E-state index is 12.0. The Morgan fingerprint density at radius 2 is 2.23 bits per heavy atom. The first kappa shape index (κ1) is 13.7. The Morgan fingerprint density at radius 3 is 2.95 bits per heavy atom. The molecule has 7 nitrogen and oxygen atoms in total. The number of fused-ring (bicyclic) bond motifs is 1. The third-order valence-corrected chi connectivity index (χ3v) is 4.97. The van der Waals surface area contributed by atoms with Gasteiger partial charge in [0.2, 0.25) is 16.0 Å². The van der Waals surface area contributed by atoms with Crippen LogP contribution in [0, 0.1) is 0 Å². The zero-order valence-corrected chi connectivity index (χ0v) is 13.1. The molecule has 3 heterocycles. The van der Waals surface area contributed by atoms with E-state index in [1.54, 1.807) is 0 Å². The first-order valence-electron chi connectivity index (χ1n) is 7.60. The molecule has 2 fully saturated rings. The molecule has 22 heavy (non-hydrogen) atoms. The van der Waals surface area contributed by atoms with Crippen LogP contribution in [0.3, 0.4) is 0 Å². The van der Waals surface area contributed by atoms with Crippen molar-refractivity contribution in [1.82, 2.24) is 19.5 Å². The van der Waals surface area contributed by atoms with Crippen LogP contribution in [0.15, 0.2) is 10.9 Å². The predicted molar refractivity (Wildman–Crippen MR) is 83.3 cm³/mol. The van der Waals surface area contributed by atoms with Gasteiger partial charge < -0.3 is 10.2 Å². The number of aromatic nitrogens is 3. The van der Waals surface area contributed by atoms with Crippen molar-refractivity contribution in [1.29, 1.82) is 0 Å². The van der Waals surface area contributed by atoms with Crippen LogP contribution in [0.1, 0.15) is 31.9 Å². The number of rotatable bonds is 4. The van der Waals surface area contributed by atoms with Gasteiger partial charge in [-0.05, 0) is 19.3 Å². The van der Waals surface area contributed by atoms with Gasteiger partial charge in [0.05, 0.1) is 6.04 Å². The van der Waals surface area contributed by atoms with E-state index in [0.717, 1.165) is 31.5 Å². The average molecular weight is 319 g/mol. The van der Waals surface area contributed by atoms with E-state index in [1.165, 1.54) is 21.9 Å². The summed E-state index contributed by atoms with van der Waals surface area (Å²) >= 11 is 1.35. The minimum absolute atomic E-state index is 0.0648. The monoisotopic (exact) mass is 319 g/mol. The van der Waals surface area contributed by atoms with E-state index in [1.807, 2.05) is 11.8 Å². The third kappa shape index (κ3) is 2.37. The molecule has 2 aromatic heterocycles. The second kappa shape index (κ2) is 5.05. The number of nitrogens with zero attached hydrogens (tertiary/aromatic N) is 4. The van der Waals surface area contributed by atoms with Crippen molar-refractivity contribution in [2.45, 2.75) is 44.7 Å². The third-order valence-electron chi connectivity index (χ3n) is 4.13. The van der Waals surface area contributed by atoms with Crippen molar-refractivity contribution in [3.05, 3.63) is 22.1 Å². The zero-order valence-electron chi connectivity index (χ0n) is 12.3. The summed E-state index contributed by atoms with van der Waals surface area (Å²) in [7, 11) is 0. The molecule has 1 aliphatic carbocycles. The molecule has 0 bridgehead atoms. The van der Waals surface area contributed by atoms with Gasteiger partial charge in [-0.1, -0.05) is 18.3 Å². The van der Waals surface area contributed by atoms with Gasteiger partial charge in [0.1, 0.15) is 0 Å². The predicted octanol–water partition coefficient (Wildman–Crippen LogP) is 0.889. The molecule has 1 aliphatic heterocycles. The minimum atomic E-state index is -0.159. The number of hydrogen-bond donors (Lipinski definition) is 1. The fourth-order valence-electron chi connectivity index (χ4n) is 2.84. The fourth-order valence-corrected chi connectivity index (χ4v) is 3.74. The number of aryl methyl sites for hydroxylation is 1. The minimum Gasteiger partial charge on any atom is -0.355 e. The summed E-state index contributed by atoms with van der Waals surface area (Å²) in [5.41, 5.74) is 0.615. The molecule has 4 rings (SSSR count). The Kier molecular flexibility index (Phi) is 3.14. The molecule has 1 unspecified atom stereocenters. The summed E-state index contributed by atoms with van der Waals surface area (Å²) < 4.78 is 1.32. The van der Waals surface area contributed by atoms with Crippen molar-refractivity contribution < 1.29 is 4.79 Å². The summed E-state index contributed by atoms with van der Waals surface area (Å²) in [5.74, 6) is 0.213. The van der Waals surface area contributed by atoms with Crippen LogP contribution in [0.25, 0.3) is 4.96 Å². The van der Waals surface area contributed by atoms with E-state index in [9.17, 15) is 9.59 Å². The highest BCUT2D eigenvalue weighted by Crippen LogP contribution is 2.31. The van der Waals surface area contributed by atoms with Gasteiger partial charge in [-0.2, -0.15) is 4.52 Å². The van der Waals surface area contributed by atoms with Gasteiger partial charge in [-0.15, -0.1) is 5.10 Å². The SMILES string of the molecule is CCc1cc(=O)n2nc(NC3CC(=O)N(C4CC4)C3)sc2n1. The number of likely N-dealkylation sites (tertiary alicyclic amines) is 1. The summed E-state index contributed by atoms with van der Waals surface area (Å²) in [6.07, 6.45) is 3.46. The molecular weight excluding hydrogens is 302 g/mol. The van der Waals surface area contributed by atoms with Gasteiger partial charge in [0, 0.05) is 30.8 Å². The normalized spacial score (nSPS) is 21.8. The largest absolute Gasteiger partial charge is 0.355 e.